The average Bonchev–Trinajstić information content (AvgIpc) is 2.43. The van der Waals surface area contributed by atoms with Crippen LogP contribution in [0.25, 0.3) is 0 Å². The van der Waals surface area contributed by atoms with Crippen LogP contribution >= 0.6 is 0 Å². The minimum absolute atomic E-state index is 0.0401. The van der Waals surface area contributed by atoms with Gasteiger partial charge in [0.15, 0.2) is 0 Å². The van der Waals surface area contributed by atoms with E-state index >= 15 is 0 Å². The molecular weight excluding hydrogens is 288 g/mol. The first kappa shape index (κ1) is 18.1. The lowest BCUT2D eigenvalue weighted by Crippen LogP contribution is -2.39. The first-order chi connectivity index (χ1) is 9.58. The zero-order chi connectivity index (χ0) is 16.3. The van der Waals surface area contributed by atoms with Gasteiger partial charge in [0.05, 0.1) is 6.10 Å². The lowest BCUT2D eigenvalue weighted by atomic mass is 9.86. The Kier molecular flexibility index (Phi) is 5.92. The third-order valence-corrected chi connectivity index (χ3v) is 5.09. The highest BCUT2D eigenvalue weighted by Gasteiger charge is 2.18. The smallest absolute Gasteiger partial charge is 0.279 e. The van der Waals surface area contributed by atoms with Gasteiger partial charge in [-0.1, -0.05) is 52.0 Å². The van der Waals surface area contributed by atoms with Crippen molar-refractivity contribution in [3.05, 3.63) is 35.4 Å². The number of aliphatic hydroxyl groups excluding tert-OH is 1. The molecule has 0 aliphatic rings. The summed E-state index contributed by atoms with van der Waals surface area (Å²) in [6.45, 7) is 8.45. The van der Waals surface area contributed by atoms with Gasteiger partial charge in [-0.05, 0) is 16.5 Å². The molecule has 0 bridgehead atoms. The number of benzene rings is 1. The van der Waals surface area contributed by atoms with Gasteiger partial charge in [-0.25, -0.2) is 0 Å². The molecule has 1 aromatic rings. The standard InChI is InChI=1S/C15H26N2O3S/c1-6-17(5)21(19,20)16-11-14(18)12-7-9-13(10-8-12)15(2,3)4/h7-10,14,16,18H,6,11H2,1-5H3/t14-/m0/s1. The molecule has 2 N–H and O–H groups in total. The van der Waals surface area contributed by atoms with Crippen LogP contribution in [-0.4, -0.2) is 38.0 Å². The summed E-state index contributed by atoms with van der Waals surface area (Å²) in [4.78, 5) is 0. The SMILES string of the molecule is CCN(C)S(=O)(=O)NC[C@H](O)c1ccc(C(C)(C)C)cc1. The van der Waals surface area contributed by atoms with E-state index in [1.165, 1.54) is 16.9 Å². The van der Waals surface area contributed by atoms with Gasteiger partial charge in [-0.15, -0.1) is 0 Å². The molecule has 1 atom stereocenters. The van der Waals surface area contributed by atoms with E-state index in [-0.39, 0.29) is 12.0 Å². The average molecular weight is 314 g/mol. The van der Waals surface area contributed by atoms with Crippen LogP contribution < -0.4 is 4.72 Å². The van der Waals surface area contributed by atoms with Crippen molar-refractivity contribution in [2.45, 2.75) is 39.2 Å². The monoisotopic (exact) mass is 314 g/mol. The van der Waals surface area contributed by atoms with Gasteiger partial charge in [0.25, 0.3) is 10.2 Å². The second-order valence-corrected chi connectivity index (χ2v) is 8.02. The van der Waals surface area contributed by atoms with Gasteiger partial charge in [0.2, 0.25) is 0 Å². The summed E-state index contributed by atoms with van der Waals surface area (Å²) in [5, 5.41) is 10.1. The van der Waals surface area contributed by atoms with Crippen LogP contribution in [0.1, 0.15) is 44.9 Å². The summed E-state index contributed by atoms with van der Waals surface area (Å²) in [6.07, 6.45) is -0.862. The van der Waals surface area contributed by atoms with Crippen LogP contribution in [0.5, 0.6) is 0 Å². The second-order valence-electron chi connectivity index (χ2n) is 6.16. The molecule has 0 unspecified atom stereocenters. The quantitative estimate of drug-likeness (QED) is 0.841. The summed E-state index contributed by atoms with van der Waals surface area (Å²) in [6, 6.07) is 7.60. The van der Waals surface area contributed by atoms with Crippen molar-refractivity contribution >= 4 is 10.2 Å². The maximum Gasteiger partial charge on any atom is 0.279 e. The molecule has 0 spiro atoms. The van der Waals surface area contributed by atoms with E-state index in [0.29, 0.717) is 12.1 Å². The fourth-order valence-corrected chi connectivity index (χ4v) is 2.72. The molecule has 0 heterocycles. The van der Waals surface area contributed by atoms with E-state index in [1.54, 1.807) is 6.92 Å². The molecule has 0 saturated carbocycles. The number of nitrogens with zero attached hydrogens (tertiary/aromatic N) is 1. The second kappa shape index (κ2) is 6.87. The Morgan fingerprint density at radius 1 is 1.24 bits per heavy atom. The van der Waals surface area contributed by atoms with E-state index in [1.807, 2.05) is 24.3 Å². The Morgan fingerprint density at radius 2 is 1.76 bits per heavy atom. The molecule has 0 radical (unpaired) electrons. The van der Waals surface area contributed by atoms with Crippen molar-refractivity contribution in [3.8, 4) is 0 Å². The summed E-state index contributed by atoms with van der Waals surface area (Å²) in [7, 11) is -2.03. The predicted octanol–water partition coefficient (Wildman–Crippen LogP) is 1.80. The van der Waals surface area contributed by atoms with Gasteiger partial charge >= 0.3 is 0 Å². The number of nitrogens with one attached hydrogen (secondary N) is 1. The Bertz CT molecular complexity index is 547. The first-order valence-corrected chi connectivity index (χ1v) is 8.51. The summed E-state index contributed by atoms with van der Waals surface area (Å²) in [5.74, 6) is 0. The third kappa shape index (κ3) is 5.07. The lowest BCUT2D eigenvalue weighted by Gasteiger charge is -2.21. The lowest BCUT2D eigenvalue weighted by molar-refractivity contribution is 0.181. The van der Waals surface area contributed by atoms with Crippen molar-refractivity contribution < 1.29 is 13.5 Å². The van der Waals surface area contributed by atoms with Crippen LogP contribution in [0.3, 0.4) is 0 Å². The largest absolute Gasteiger partial charge is 0.387 e. The molecule has 0 aliphatic heterocycles. The zero-order valence-corrected chi connectivity index (χ0v) is 14.2. The zero-order valence-electron chi connectivity index (χ0n) is 13.4. The Balaban J connectivity index is 2.71. The van der Waals surface area contributed by atoms with Crippen LogP contribution in [0.4, 0.5) is 0 Å². The van der Waals surface area contributed by atoms with E-state index in [2.05, 4.69) is 25.5 Å². The van der Waals surface area contributed by atoms with Gasteiger partial charge in [0, 0.05) is 20.1 Å². The predicted molar refractivity (Wildman–Crippen MR) is 85.3 cm³/mol. The molecule has 0 aliphatic carbocycles. The van der Waals surface area contributed by atoms with E-state index in [0.717, 1.165) is 0 Å². The van der Waals surface area contributed by atoms with Crippen molar-refractivity contribution in [2.24, 2.45) is 0 Å². The van der Waals surface area contributed by atoms with Crippen LogP contribution in [-0.2, 0) is 15.6 Å². The summed E-state index contributed by atoms with van der Waals surface area (Å²) >= 11 is 0. The highest BCUT2D eigenvalue weighted by atomic mass is 32.2. The van der Waals surface area contributed by atoms with Crippen molar-refractivity contribution in [1.29, 1.82) is 0 Å². The van der Waals surface area contributed by atoms with E-state index in [4.69, 9.17) is 0 Å². The Labute approximate surface area is 128 Å². The number of rotatable bonds is 6. The molecule has 0 fully saturated rings. The summed E-state index contributed by atoms with van der Waals surface area (Å²) < 4.78 is 27.2. The highest BCUT2D eigenvalue weighted by molar-refractivity contribution is 7.87. The molecule has 1 aromatic carbocycles. The van der Waals surface area contributed by atoms with Gasteiger partial charge in [0.1, 0.15) is 0 Å². The normalized spacial score (nSPS) is 14.4. The fraction of sp³-hybridized carbons (Fsp3) is 0.600. The van der Waals surface area contributed by atoms with Gasteiger partial charge in [-0.3, -0.25) is 0 Å². The Hall–Kier alpha value is -0.950. The van der Waals surface area contributed by atoms with E-state index < -0.39 is 16.3 Å². The van der Waals surface area contributed by atoms with Crippen LogP contribution in [0.2, 0.25) is 0 Å². The molecular formula is C15H26N2O3S. The number of aliphatic hydroxyl groups is 1. The maximum atomic E-state index is 11.8. The minimum atomic E-state index is -3.52. The van der Waals surface area contributed by atoms with Crippen molar-refractivity contribution in [1.82, 2.24) is 9.03 Å². The molecule has 120 valence electrons. The van der Waals surface area contributed by atoms with Crippen molar-refractivity contribution in [3.63, 3.8) is 0 Å². The van der Waals surface area contributed by atoms with Gasteiger partial charge < -0.3 is 5.11 Å². The van der Waals surface area contributed by atoms with Crippen LogP contribution in [0, 0.1) is 0 Å². The van der Waals surface area contributed by atoms with Crippen molar-refractivity contribution in [2.75, 3.05) is 20.1 Å². The minimum Gasteiger partial charge on any atom is -0.387 e. The number of hydrogen-bond acceptors (Lipinski definition) is 3. The molecule has 0 amide bonds. The molecule has 0 aromatic heterocycles. The van der Waals surface area contributed by atoms with Crippen LogP contribution in [0.15, 0.2) is 24.3 Å². The molecule has 1 rings (SSSR count). The molecule has 0 saturated heterocycles. The fourth-order valence-electron chi connectivity index (χ4n) is 1.79. The molecule has 5 nitrogen and oxygen atoms in total. The summed E-state index contributed by atoms with van der Waals surface area (Å²) in [5.41, 5.74) is 1.92. The maximum absolute atomic E-state index is 11.8. The third-order valence-electron chi connectivity index (χ3n) is 3.48. The topological polar surface area (TPSA) is 69.6 Å². The molecule has 21 heavy (non-hydrogen) atoms. The Morgan fingerprint density at radius 3 is 2.19 bits per heavy atom. The number of hydrogen-bond donors (Lipinski definition) is 2. The highest BCUT2D eigenvalue weighted by Crippen LogP contribution is 2.23. The van der Waals surface area contributed by atoms with Gasteiger partial charge in [-0.2, -0.15) is 17.4 Å². The molecule has 6 heteroatoms. The van der Waals surface area contributed by atoms with E-state index in [9.17, 15) is 13.5 Å². The first-order valence-electron chi connectivity index (χ1n) is 7.07.